The first-order chi connectivity index (χ1) is 20.3. The van der Waals surface area contributed by atoms with Gasteiger partial charge in [0.1, 0.15) is 6.10 Å². The van der Waals surface area contributed by atoms with Crippen molar-refractivity contribution in [2.75, 3.05) is 23.7 Å². The van der Waals surface area contributed by atoms with Crippen molar-refractivity contribution in [1.82, 2.24) is 15.2 Å². The molecule has 5 rings (SSSR count). The van der Waals surface area contributed by atoms with E-state index in [2.05, 4.69) is 17.6 Å². The molecule has 0 spiro atoms. The summed E-state index contributed by atoms with van der Waals surface area (Å²) in [5, 5.41) is 7.62. The molecular weight excluding hydrogens is 552 g/mol. The molecule has 0 unspecified atom stereocenters. The fraction of sp³-hybridized carbons (Fsp3) is 0.500. The number of rotatable bonds is 12. The third-order valence-corrected chi connectivity index (χ3v) is 10.4. The van der Waals surface area contributed by atoms with Crippen LogP contribution >= 0.6 is 0 Å². The number of anilines is 1. The molecule has 2 heterocycles. The lowest BCUT2D eigenvalue weighted by atomic mass is 9.94. The van der Waals surface area contributed by atoms with E-state index in [4.69, 9.17) is 4.74 Å². The molecule has 2 atom stereocenters. The number of carbonyl (C=O) groups is 2. The number of ether oxygens (including phenoxy) is 1. The summed E-state index contributed by atoms with van der Waals surface area (Å²) in [6, 6.07) is 13.2. The van der Waals surface area contributed by atoms with Crippen LogP contribution < -0.4 is 14.9 Å². The van der Waals surface area contributed by atoms with Crippen molar-refractivity contribution in [2.45, 2.75) is 83.0 Å². The summed E-state index contributed by atoms with van der Waals surface area (Å²) in [6.07, 6.45) is 9.43. The average molecular weight is 595 g/mol. The summed E-state index contributed by atoms with van der Waals surface area (Å²) in [6.45, 7) is 3.35. The van der Waals surface area contributed by atoms with Crippen molar-refractivity contribution in [3.8, 4) is 0 Å². The number of hydrogen-bond donors (Lipinski definition) is 2. The molecule has 0 bridgehead atoms. The molecule has 9 nitrogen and oxygen atoms in total. The molecule has 1 aliphatic carbocycles. The number of aryl methyl sites for hydroxylation is 2. The summed E-state index contributed by atoms with van der Waals surface area (Å²) in [5.41, 5.74) is 3.81. The molecule has 2 aromatic carbocycles. The lowest BCUT2D eigenvalue weighted by molar-refractivity contribution is -0.134. The molecule has 226 valence electrons. The highest BCUT2D eigenvalue weighted by Crippen LogP contribution is 2.36. The summed E-state index contributed by atoms with van der Waals surface area (Å²) in [4.78, 5) is 25.6. The molecule has 2 aliphatic rings. The van der Waals surface area contributed by atoms with Gasteiger partial charge >= 0.3 is 0 Å². The second-order valence-corrected chi connectivity index (χ2v) is 13.7. The second-order valence-electron chi connectivity index (χ2n) is 11.6. The third kappa shape index (κ3) is 6.65. The van der Waals surface area contributed by atoms with Gasteiger partial charge in [0.25, 0.3) is 12.4 Å². The van der Waals surface area contributed by atoms with Gasteiger partial charge in [-0.25, -0.2) is 8.42 Å². The second kappa shape index (κ2) is 13.3. The van der Waals surface area contributed by atoms with E-state index in [-0.39, 0.29) is 11.7 Å². The summed E-state index contributed by atoms with van der Waals surface area (Å²) in [7, 11) is -1.99. The monoisotopic (exact) mass is 594 g/mol. The lowest BCUT2D eigenvalue weighted by Gasteiger charge is -2.30. The molecule has 0 radical (unpaired) electrons. The average Bonchev–Trinajstić information content (AvgIpc) is 3.31. The van der Waals surface area contributed by atoms with Gasteiger partial charge in [0.2, 0.25) is 10.0 Å². The molecule has 42 heavy (non-hydrogen) atoms. The number of benzene rings is 2. The van der Waals surface area contributed by atoms with Crippen molar-refractivity contribution < 1.29 is 22.7 Å². The van der Waals surface area contributed by atoms with E-state index in [1.54, 1.807) is 13.1 Å². The van der Waals surface area contributed by atoms with E-state index in [1.165, 1.54) is 23.6 Å². The Morgan fingerprint density at radius 2 is 1.90 bits per heavy atom. The Kier molecular flexibility index (Phi) is 9.53. The van der Waals surface area contributed by atoms with Gasteiger partial charge < -0.3 is 19.9 Å². The number of nitrogens with zero attached hydrogens (tertiary/aromatic N) is 2. The van der Waals surface area contributed by atoms with E-state index in [0.717, 1.165) is 47.7 Å². The minimum atomic E-state index is -3.54. The molecule has 3 aromatic rings. The minimum absolute atomic E-state index is 0.00703. The first-order valence-corrected chi connectivity index (χ1v) is 16.7. The Morgan fingerprint density at radius 3 is 2.62 bits per heavy atom. The number of amides is 1. The van der Waals surface area contributed by atoms with E-state index in [9.17, 15) is 18.0 Å². The quantitative estimate of drug-likeness (QED) is 0.305. The van der Waals surface area contributed by atoms with Crippen LogP contribution in [0.15, 0.2) is 48.7 Å². The highest BCUT2D eigenvalue weighted by Gasteiger charge is 2.30. The highest BCUT2D eigenvalue weighted by molar-refractivity contribution is 7.92. The van der Waals surface area contributed by atoms with E-state index < -0.39 is 22.2 Å². The molecule has 0 saturated heterocycles. The van der Waals surface area contributed by atoms with Gasteiger partial charge in [-0.15, -0.1) is 0 Å². The molecule has 2 N–H and O–H groups in total. The SMILES string of the molecule is CCCc1cn2c3c(cc(C(=O)N[C@@H](Cc4ccccc4)[C@@H](CNC4CCCCC4)OC=O)cc13)N(C)S(=O)(=O)CC2. The smallest absolute Gasteiger partial charge is 0.293 e. The molecule has 1 saturated carbocycles. The molecule has 10 heteroatoms. The standard InChI is InChI=1S/C32H42N4O5S/c1-3-10-24-21-36-15-16-42(39,40)35(2)29-19-25(18-27(24)31(29)36)32(38)34-28(17-23-11-6-4-7-12-23)30(41-22-37)20-33-26-13-8-5-9-14-26/h4,6-7,11-12,18-19,21-22,26,28,30,33H,3,5,8-10,13-17,20H2,1-2H3,(H,34,38)/t28-,30+/m0/s1. The molecule has 1 aliphatic heterocycles. The zero-order chi connectivity index (χ0) is 29.7. The first kappa shape index (κ1) is 30.1. The number of hydrogen-bond acceptors (Lipinski definition) is 6. The molecule has 1 fully saturated rings. The predicted molar refractivity (Wildman–Crippen MR) is 165 cm³/mol. The van der Waals surface area contributed by atoms with Crippen LogP contribution in [0, 0.1) is 0 Å². The van der Waals surface area contributed by atoms with E-state index in [0.29, 0.717) is 43.3 Å². The van der Waals surface area contributed by atoms with Gasteiger partial charge in [-0.05, 0) is 48.9 Å². The maximum Gasteiger partial charge on any atom is 0.293 e. The van der Waals surface area contributed by atoms with Gasteiger partial charge in [0.05, 0.1) is 23.0 Å². The molecular formula is C32H42N4O5S. The number of nitrogens with one attached hydrogen (secondary N) is 2. The van der Waals surface area contributed by atoms with Crippen molar-refractivity contribution in [3.05, 3.63) is 65.4 Å². The van der Waals surface area contributed by atoms with Crippen LogP contribution in [0.2, 0.25) is 0 Å². The van der Waals surface area contributed by atoms with Crippen molar-refractivity contribution in [3.63, 3.8) is 0 Å². The number of sulfonamides is 1. The van der Waals surface area contributed by atoms with Gasteiger partial charge in [-0.1, -0.05) is 62.9 Å². The first-order valence-electron chi connectivity index (χ1n) is 15.1. The van der Waals surface area contributed by atoms with Crippen LogP contribution in [0.4, 0.5) is 5.69 Å². The molecule has 1 aromatic heterocycles. The summed E-state index contributed by atoms with van der Waals surface area (Å²) in [5.74, 6) is -0.344. The Balaban J connectivity index is 1.48. The zero-order valence-corrected chi connectivity index (χ0v) is 25.4. The van der Waals surface area contributed by atoms with Gasteiger partial charge in [-0.3, -0.25) is 13.9 Å². The fourth-order valence-electron chi connectivity index (χ4n) is 6.35. The zero-order valence-electron chi connectivity index (χ0n) is 24.6. The van der Waals surface area contributed by atoms with Crippen molar-refractivity contribution in [1.29, 1.82) is 0 Å². The van der Waals surface area contributed by atoms with Crippen LogP contribution in [0.3, 0.4) is 0 Å². The van der Waals surface area contributed by atoms with Crippen LogP contribution in [-0.4, -0.2) is 62.9 Å². The van der Waals surface area contributed by atoms with Crippen LogP contribution in [0.25, 0.3) is 10.9 Å². The van der Waals surface area contributed by atoms with Crippen LogP contribution in [-0.2, 0) is 38.9 Å². The fourth-order valence-corrected chi connectivity index (χ4v) is 7.49. The lowest BCUT2D eigenvalue weighted by Crippen LogP contribution is -2.51. The number of aromatic nitrogens is 1. The van der Waals surface area contributed by atoms with E-state index >= 15 is 0 Å². The Bertz CT molecular complexity index is 1500. The van der Waals surface area contributed by atoms with E-state index in [1.807, 2.05) is 47.2 Å². The van der Waals surface area contributed by atoms with Crippen molar-refractivity contribution >= 4 is 39.0 Å². The molecule has 1 amide bonds. The minimum Gasteiger partial charge on any atom is -0.461 e. The van der Waals surface area contributed by atoms with Crippen LogP contribution in [0.5, 0.6) is 0 Å². The van der Waals surface area contributed by atoms with Crippen molar-refractivity contribution in [2.24, 2.45) is 0 Å². The Labute approximate surface area is 248 Å². The topological polar surface area (TPSA) is 110 Å². The summed E-state index contributed by atoms with van der Waals surface area (Å²) < 4.78 is 34.9. The summed E-state index contributed by atoms with van der Waals surface area (Å²) >= 11 is 0. The van der Waals surface area contributed by atoms with Gasteiger partial charge in [0.15, 0.2) is 0 Å². The third-order valence-electron chi connectivity index (χ3n) is 8.67. The highest BCUT2D eigenvalue weighted by atomic mass is 32.2. The largest absolute Gasteiger partial charge is 0.461 e. The predicted octanol–water partition coefficient (Wildman–Crippen LogP) is 4.18. The Morgan fingerprint density at radius 1 is 1.14 bits per heavy atom. The maximum atomic E-state index is 14.0. The normalized spacial score (nSPS) is 18.3. The Hall–Kier alpha value is -3.37. The maximum absolute atomic E-state index is 14.0. The van der Waals surface area contributed by atoms with Gasteiger partial charge in [-0.2, -0.15) is 0 Å². The van der Waals surface area contributed by atoms with Gasteiger partial charge in [0, 0.05) is 43.3 Å². The van der Waals surface area contributed by atoms with Crippen LogP contribution in [0.1, 0.15) is 66.9 Å². The number of carbonyl (C=O) groups excluding carboxylic acids is 2.